The van der Waals surface area contributed by atoms with Gasteiger partial charge in [0.15, 0.2) is 0 Å². The van der Waals surface area contributed by atoms with Crippen molar-refractivity contribution in [3.8, 4) is 0 Å². The Kier molecular flexibility index (Phi) is 4.57. The topological polar surface area (TPSA) is 36.4 Å². The lowest BCUT2D eigenvalue weighted by Gasteiger charge is -2.40. The summed E-state index contributed by atoms with van der Waals surface area (Å²) >= 11 is 6.29. The number of hydrogen-bond donors (Lipinski definition) is 0. The normalized spacial score (nSPS) is 26.2. The van der Waals surface area contributed by atoms with Gasteiger partial charge in [0.1, 0.15) is 5.69 Å². The number of fused-ring (bicyclic) bond motifs is 5. The molecular formula is C22H26ClN3O. The number of nitrogens with zero attached hydrogens (tertiary/aromatic N) is 3. The van der Waals surface area contributed by atoms with E-state index in [1.807, 2.05) is 35.2 Å². The highest BCUT2D eigenvalue weighted by molar-refractivity contribution is 6.35. The van der Waals surface area contributed by atoms with E-state index >= 15 is 0 Å². The molecule has 2 bridgehead atoms. The van der Waals surface area contributed by atoms with Crippen LogP contribution in [0.25, 0.3) is 10.9 Å². The van der Waals surface area contributed by atoms with E-state index in [1.165, 1.54) is 38.6 Å². The van der Waals surface area contributed by atoms with Gasteiger partial charge in [-0.05, 0) is 49.7 Å². The number of pyridine rings is 1. The highest BCUT2D eigenvalue weighted by Gasteiger charge is 2.38. The zero-order valence-electron chi connectivity index (χ0n) is 15.6. The summed E-state index contributed by atoms with van der Waals surface area (Å²) in [6.07, 6.45) is 6.63. The molecule has 4 nitrogen and oxygen atoms in total. The maximum atomic E-state index is 13.2. The van der Waals surface area contributed by atoms with E-state index < -0.39 is 0 Å². The van der Waals surface area contributed by atoms with Crippen LogP contribution in [0.15, 0.2) is 30.3 Å². The summed E-state index contributed by atoms with van der Waals surface area (Å²) in [5.74, 6) is 1.54. The number of benzene rings is 1. The Morgan fingerprint density at radius 3 is 2.78 bits per heavy atom. The van der Waals surface area contributed by atoms with E-state index in [9.17, 15) is 4.79 Å². The van der Waals surface area contributed by atoms with Gasteiger partial charge in [-0.3, -0.25) is 9.69 Å². The fourth-order valence-corrected chi connectivity index (χ4v) is 5.19. The Balaban J connectivity index is 1.36. The Morgan fingerprint density at radius 1 is 1.07 bits per heavy atom. The molecule has 4 aliphatic rings. The Labute approximate surface area is 165 Å². The third kappa shape index (κ3) is 3.34. The van der Waals surface area contributed by atoms with Gasteiger partial charge in [-0.15, -0.1) is 0 Å². The van der Waals surface area contributed by atoms with Crippen molar-refractivity contribution in [1.29, 1.82) is 0 Å². The lowest BCUT2D eigenvalue weighted by Crippen LogP contribution is -2.47. The molecule has 2 atom stereocenters. The van der Waals surface area contributed by atoms with Crippen LogP contribution in [0.1, 0.15) is 42.6 Å². The quantitative estimate of drug-likeness (QED) is 0.796. The van der Waals surface area contributed by atoms with Crippen molar-refractivity contribution >= 4 is 28.4 Å². The first-order valence-electron chi connectivity index (χ1n) is 10.3. The number of hydrogen-bond acceptors (Lipinski definition) is 3. The van der Waals surface area contributed by atoms with E-state index in [2.05, 4.69) is 9.88 Å². The first-order valence-corrected chi connectivity index (χ1v) is 10.6. The van der Waals surface area contributed by atoms with Crippen molar-refractivity contribution in [2.75, 3.05) is 26.2 Å². The molecule has 27 heavy (non-hydrogen) atoms. The average Bonchev–Trinajstić information content (AvgIpc) is 2.96. The van der Waals surface area contributed by atoms with Crippen molar-refractivity contribution in [2.24, 2.45) is 11.8 Å². The highest BCUT2D eigenvalue weighted by atomic mass is 35.5. The second-order valence-electron chi connectivity index (χ2n) is 8.57. The van der Waals surface area contributed by atoms with Crippen molar-refractivity contribution in [1.82, 2.24) is 14.8 Å². The number of amides is 1. The summed E-state index contributed by atoms with van der Waals surface area (Å²) in [6, 6.07) is 10.0. The minimum absolute atomic E-state index is 0.0548. The predicted octanol–water partition coefficient (Wildman–Crippen LogP) is 4.22. The van der Waals surface area contributed by atoms with Gasteiger partial charge in [0.2, 0.25) is 0 Å². The molecule has 142 valence electrons. The Morgan fingerprint density at radius 2 is 1.96 bits per heavy atom. The Hall–Kier alpha value is -1.65. The van der Waals surface area contributed by atoms with Crippen LogP contribution in [-0.4, -0.2) is 52.9 Å². The van der Waals surface area contributed by atoms with Gasteiger partial charge in [0.25, 0.3) is 5.91 Å². The summed E-state index contributed by atoms with van der Waals surface area (Å²) in [4.78, 5) is 22.6. The molecule has 1 aromatic heterocycles. The van der Waals surface area contributed by atoms with Gasteiger partial charge >= 0.3 is 0 Å². The molecule has 2 unspecified atom stereocenters. The number of halogens is 1. The van der Waals surface area contributed by atoms with Gasteiger partial charge in [0.05, 0.1) is 10.5 Å². The predicted molar refractivity (Wildman–Crippen MR) is 108 cm³/mol. The van der Waals surface area contributed by atoms with Crippen molar-refractivity contribution < 1.29 is 4.79 Å². The largest absolute Gasteiger partial charge is 0.335 e. The molecule has 3 aliphatic heterocycles. The molecule has 1 saturated carbocycles. The van der Waals surface area contributed by atoms with Crippen LogP contribution < -0.4 is 0 Å². The molecule has 1 amide bonds. The van der Waals surface area contributed by atoms with E-state index in [-0.39, 0.29) is 5.91 Å². The summed E-state index contributed by atoms with van der Waals surface area (Å²) in [7, 11) is 0. The fraction of sp³-hybridized carbons (Fsp3) is 0.545. The lowest BCUT2D eigenvalue weighted by atomic mass is 9.83. The van der Waals surface area contributed by atoms with Crippen LogP contribution in [0.4, 0.5) is 0 Å². The number of rotatable bonds is 3. The maximum Gasteiger partial charge on any atom is 0.272 e. The van der Waals surface area contributed by atoms with Gasteiger partial charge in [0, 0.05) is 37.6 Å². The third-order valence-electron chi connectivity index (χ3n) is 6.72. The number of carbonyl (C=O) groups is 1. The number of para-hydroxylation sites is 1. The molecule has 4 fully saturated rings. The van der Waals surface area contributed by atoms with Crippen LogP contribution in [0, 0.1) is 11.8 Å². The zero-order valence-corrected chi connectivity index (χ0v) is 16.4. The SMILES string of the molecule is O=C(c1ccc2cccc(Cl)c2n1)N1CC2CCC(C1)N(CC1CCC1)C2. The molecule has 0 radical (unpaired) electrons. The summed E-state index contributed by atoms with van der Waals surface area (Å²) < 4.78 is 0. The molecular weight excluding hydrogens is 358 g/mol. The number of aromatic nitrogens is 1. The maximum absolute atomic E-state index is 13.2. The number of piperidine rings is 1. The van der Waals surface area contributed by atoms with E-state index in [4.69, 9.17) is 11.6 Å². The molecule has 2 aromatic rings. The van der Waals surface area contributed by atoms with Crippen LogP contribution in [0.3, 0.4) is 0 Å². The summed E-state index contributed by atoms with van der Waals surface area (Å²) in [5, 5.41) is 1.58. The highest BCUT2D eigenvalue weighted by Crippen LogP contribution is 2.33. The first kappa shape index (κ1) is 17.4. The van der Waals surface area contributed by atoms with Crippen molar-refractivity contribution in [2.45, 2.75) is 38.1 Å². The number of carbonyl (C=O) groups excluding carboxylic acids is 1. The molecule has 0 spiro atoms. The zero-order chi connectivity index (χ0) is 18.4. The van der Waals surface area contributed by atoms with Crippen LogP contribution >= 0.6 is 11.6 Å². The lowest BCUT2D eigenvalue weighted by molar-refractivity contribution is 0.0712. The molecule has 5 heteroatoms. The van der Waals surface area contributed by atoms with E-state index in [0.717, 1.165) is 36.5 Å². The minimum Gasteiger partial charge on any atom is -0.335 e. The van der Waals surface area contributed by atoms with E-state index in [1.54, 1.807) is 0 Å². The molecule has 3 saturated heterocycles. The minimum atomic E-state index is 0.0548. The van der Waals surface area contributed by atoms with Crippen molar-refractivity contribution in [3.63, 3.8) is 0 Å². The van der Waals surface area contributed by atoms with Gasteiger partial charge in [-0.25, -0.2) is 4.98 Å². The fourth-order valence-electron chi connectivity index (χ4n) is 4.97. The molecule has 6 rings (SSSR count). The van der Waals surface area contributed by atoms with Crippen LogP contribution in [0.2, 0.25) is 5.02 Å². The standard InChI is InChI=1S/C22H26ClN3O/c23-19-6-2-5-17-8-10-20(24-21(17)19)22(27)26-13-16-7-9-18(14-26)25(12-16)11-15-3-1-4-15/h2,5-6,8,10,15-16,18H,1,3-4,7,9,11-14H2. The average molecular weight is 384 g/mol. The van der Waals surface area contributed by atoms with Crippen LogP contribution in [0.5, 0.6) is 0 Å². The molecule has 4 heterocycles. The smallest absolute Gasteiger partial charge is 0.272 e. The second-order valence-corrected chi connectivity index (χ2v) is 8.97. The third-order valence-corrected chi connectivity index (χ3v) is 7.03. The second kappa shape index (κ2) is 7.06. The van der Waals surface area contributed by atoms with Gasteiger partial charge < -0.3 is 4.90 Å². The van der Waals surface area contributed by atoms with Crippen LogP contribution in [-0.2, 0) is 0 Å². The molecule has 1 aromatic carbocycles. The molecule has 1 aliphatic carbocycles. The summed E-state index contributed by atoms with van der Waals surface area (Å²) in [6.45, 7) is 4.08. The Bertz CT molecular complexity index is 866. The first-order chi connectivity index (χ1) is 13.2. The van der Waals surface area contributed by atoms with Gasteiger partial charge in [-0.1, -0.05) is 36.2 Å². The monoisotopic (exact) mass is 383 g/mol. The van der Waals surface area contributed by atoms with Gasteiger partial charge in [-0.2, -0.15) is 0 Å². The molecule has 0 N–H and O–H groups in total. The summed E-state index contributed by atoms with van der Waals surface area (Å²) in [5.41, 5.74) is 1.23. The van der Waals surface area contributed by atoms with E-state index in [0.29, 0.717) is 22.7 Å². The van der Waals surface area contributed by atoms with Crippen molar-refractivity contribution in [3.05, 3.63) is 41.0 Å².